The van der Waals surface area contributed by atoms with Gasteiger partial charge in [0.05, 0.1) is 41.2 Å². The summed E-state index contributed by atoms with van der Waals surface area (Å²) in [6.45, 7) is 14.9. The number of benzene rings is 2. The number of rotatable bonds is 13. The highest BCUT2D eigenvalue weighted by molar-refractivity contribution is 6.76. The van der Waals surface area contributed by atoms with Crippen molar-refractivity contribution in [2.75, 3.05) is 13.2 Å². The van der Waals surface area contributed by atoms with Crippen molar-refractivity contribution < 1.29 is 19.0 Å². The highest BCUT2D eigenvalue weighted by Gasteiger charge is 2.17. The zero-order chi connectivity index (χ0) is 31.4. The fraction of sp³-hybridized carbons (Fsp3) is 0.406. The molecule has 0 aliphatic carbocycles. The van der Waals surface area contributed by atoms with E-state index in [4.69, 9.17) is 30.8 Å². The van der Waals surface area contributed by atoms with Crippen LogP contribution in [-0.4, -0.2) is 56.6 Å². The van der Waals surface area contributed by atoms with Crippen LogP contribution in [0.2, 0.25) is 30.7 Å². The zero-order valence-electron chi connectivity index (χ0n) is 26.1. The van der Waals surface area contributed by atoms with Crippen LogP contribution in [0, 0.1) is 12.8 Å². The molecule has 44 heavy (non-hydrogen) atoms. The average molecular weight is 635 g/mol. The van der Waals surface area contributed by atoms with Crippen molar-refractivity contribution in [1.29, 1.82) is 0 Å². The van der Waals surface area contributed by atoms with E-state index in [0.29, 0.717) is 59.6 Å². The minimum Gasteiger partial charge on any atom is -0.466 e. The third-order valence-electron chi connectivity index (χ3n) is 7.22. The van der Waals surface area contributed by atoms with Crippen molar-refractivity contribution in [2.24, 2.45) is 5.92 Å². The summed E-state index contributed by atoms with van der Waals surface area (Å²) in [4.78, 5) is 25.9. The fourth-order valence-electron chi connectivity index (χ4n) is 4.84. The van der Waals surface area contributed by atoms with E-state index in [0.717, 1.165) is 35.1 Å². The lowest BCUT2D eigenvalue weighted by Crippen LogP contribution is -2.22. The Kier molecular flexibility index (Phi) is 9.67. The summed E-state index contributed by atoms with van der Waals surface area (Å²) < 4.78 is 21.2. The molecule has 3 aromatic heterocycles. The molecular formula is C32H39ClN6O4Si. The van der Waals surface area contributed by atoms with Crippen LogP contribution in [0.15, 0.2) is 48.9 Å². The van der Waals surface area contributed by atoms with Gasteiger partial charge in [-0.05, 0) is 50.1 Å². The van der Waals surface area contributed by atoms with E-state index in [1.165, 1.54) is 0 Å². The van der Waals surface area contributed by atoms with E-state index in [9.17, 15) is 4.79 Å². The fourth-order valence-corrected chi connectivity index (χ4v) is 5.84. The second-order valence-corrected chi connectivity index (χ2v) is 18.3. The number of esters is 1. The van der Waals surface area contributed by atoms with Crippen molar-refractivity contribution in [2.45, 2.75) is 66.2 Å². The van der Waals surface area contributed by atoms with Crippen LogP contribution < -0.4 is 4.74 Å². The molecule has 2 aromatic carbocycles. The first-order chi connectivity index (χ1) is 21.0. The SMILES string of the molecule is CCOC(=O)CC(C)Cn1cc(-c2cnc3ccc(Oc4ccc5nc(C)n(COCC[Si](C)(C)C)c5c4)c(Cl)c3n2)cn1. The molecule has 0 aliphatic heterocycles. The number of aromatic nitrogens is 6. The van der Waals surface area contributed by atoms with Gasteiger partial charge in [0.2, 0.25) is 0 Å². The first kappa shape index (κ1) is 31.6. The van der Waals surface area contributed by atoms with Crippen molar-refractivity contribution in [3.8, 4) is 22.8 Å². The molecular weight excluding hydrogens is 596 g/mol. The molecule has 1 unspecified atom stereocenters. The number of imidazole rings is 1. The van der Waals surface area contributed by atoms with Crippen LogP contribution in [0.1, 0.15) is 26.1 Å². The number of ether oxygens (including phenoxy) is 3. The summed E-state index contributed by atoms with van der Waals surface area (Å²) in [6, 6.07) is 10.5. The number of carbonyl (C=O) groups excluding carboxylic acids is 1. The van der Waals surface area contributed by atoms with Gasteiger partial charge >= 0.3 is 5.97 Å². The summed E-state index contributed by atoms with van der Waals surface area (Å²) in [5, 5.41) is 4.82. The summed E-state index contributed by atoms with van der Waals surface area (Å²) in [6.07, 6.45) is 5.65. The van der Waals surface area contributed by atoms with Gasteiger partial charge in [0.25, 0.3) is 0 Å². The highest BCUT2D eigenvalue weighted by Crippen LogP contribution is 2.36. The summed E-state index contributed by atoms with van der Waals surface area (Å²) in [5.74, 6) is 1.85. The molecule has 0 saturated heterocycles. The van der Waals surface area contributed by atoms with E-state index >= 15 is 0 Å². The van der Waals surface area contributed by atoms with Crippen molar-refractivity contribution in [3.63, 3.8) is 0 Å². The molecule has 3 heterocycles. The summed E-state index contributed by atoms with van der Waals surface area (Å²) >= 11 is 6.85. The Bertz CT molecular complexity index is 1780. The van der Waals surface area contributed by atoms with Gasteiger partial charge in [0.1, 0.15) is 34.6 Å². The summed E-state index contributed by atoms with van der Waals surface area (Å²) in [7, 11) is -1.17. The number of hydrogen-bond donors (Lipinski definition) is 0. The van der Waals surface area contributed by atoms with Crippen molar-refractivity contribution >= 4 is 47.7 Å². The maximum Gasteiger partial charge on any atom is 0.306 e. The molecule has 0 aliphatic rings. The van der Waals surface area contributed by atoms with Gasteiger partial charge < -0.3 is 18.8 Å². The van der Waals surface area contributed by atoms with E-state index in [1.807, 2.05) is 44.3 Å². The van der Waals surface area contributed by atoms with Crippen LogP contribution in [-0.2, 0) is 27.5 Å². The molecule has 0 amide bonds. The average Bonchev–Trinajstić information content (AvgIpc) is 3.55. The predicted molar refractivity (Wildman–Crippen MR) is 175 cm³/mol. The lowest BCUT2D eigenvalue weighted by molar-refractivity contribution is -0.144. The molecule has 0 fully saturated rings. The third-order valence-corrected chi connectivity index (χ3v) is 9.29. The Morgan fingerprint density at radius 2 is 1.89 bits per heavy atom. The predicted octanol–water partition coefficient (Wildman–Crippen LogP) is 7.50. The Balaban J connectivity index is 1.33. The normalized spacial score (nSPS) is 12.6. The molecule has 232 valence electrons. The van der Waals surface area contributed by atoms with Crippen molar-refractivity contribution in [3.05, 3.63) is 59.8 Å². The standard InChI is InChI=1S/C32H39ClN6O4Si/c1-7-42-30(40)14-21(2)18-38-19-23(16-35-38)27-17-34-26-10-11-29(31(33)32(26)37-27)43-24-8-9-25-28(15-24)39(22(3)36-25)20-41-12-13-44(4,5)6/h8-11,15-17,19,21H,7,12-14,18,20H2,1-6H3. The van der Waals surface area contributed by atoms with Gasteiger partial charge in [-0.2, -0.15) is 5.10 Å². The molecule has 0 bridgehead atoms. The lowest BCUT2D eigenvalue weighted by Gasteiger charge is -2.16. The van der Waals surface area contributed by atoms with E-state index in [2.05, 4.69) is 39.3 Å². The zero-order valence-corrected chi connectivity index (χ0v) is 27.9. The van der Waals surface area contributed by atoms with Gasteiger partial charge in [-0.1, -0.05) is 38.2 Å². The quantitative estimate of drug-likeness (QED) is 0.0744. The van der Waals surface area contributed by atoms with Gasteiger partial charge in [-0.15, -0.1) is 0 Å². The number of halogens is 1. The number of nitrogens with zero attached hydrogens (tertiary/aromatic N) is 6. The number of carbonyl (C=O) groups is 1. The molecule has 0 N–H and O–H groups in total. The monoisotopic (exact) mass is 634 g/mol. The largest absolute Gasteiger partial charge is 0.466 e. The number of aryl methyl sites for hydroxylation is 1. The van der Waals surface area contributed by atoms with Gasteiger partial charge in [0, 0.05) is 45.5 Å². The number of hydrogen-bond acceptors (Lipinski definition) is 8. The van der Waals surface area contributed by atoms with Gasteiger partial charge in [0.15, 0.2) is 0 Å². The molecule has 1 atom stereocenters. The van der Waals surface area contributed by atoms with E-state index in [-0.39, 0.29) is 11.9 Å². The van der Waals surface area contributed by atoms with Crippen LogP contribution in [0.3, 0.4) is 0 Å². The maximum atomic E-state index is 11.8. The lowest BCUT2D eigenvalue weighted by atomic mass is 10.1. The Labute approximate surface area is 263 Å². The molecule has 0 saturated carbocycles. The summed E-state index contributed by atoms with van der Waals surface area (Å²) in [5.41, 5.74) is 4.42. The first-order valence-corrected chi connectivity index (χ1v) is 19.0. The van der Waals surface area contributed by atoms with E-state index < -0.39 is 8.07 Å². The van der Waals surface area contributed by atoms with Crippen molar-refractivity contribution in [1.82, 2.24) is 29.3 Å². The van der Waals surface area contributed by atoms with Crippen LogP contribution in [0.4, 0.5) is 0 Å². The minimum atomic E-state index is -1.17. The Morgan fingerprint density at radius 1 is 1.09 bits per heavy atom. The molecule has 12 heteroatoms. The molecule has 5 aromatic rings. The first-order valence-electron chi connectivity index (χ1n) is 14.9. The topological polar surface area (TPSA) is 106 Å². The van der Waals surface area contributed by atoms with E-state index in [1.54, 1.807) is 30.1 Å². The molecule has 0 spiro atoms. The van der Waals surface area contributed by atoms with Gasteiger partial charge in [-0.25, -0.2) is 9.97 Å². The number of fused-ring (bicyclic) bond motifs is 2. The maximum absolute atomic E-state index is 11.8. The molecule has 10 nitrogen and oxygen atoms in total. The molecule has 5 rings (SSSR count). The minimum absolute atomic E-state index is 0.0721. The second kappa shape index (κ2) is 13.5. The van der Waals surface area contributed by atoms with Crippen LogP contribution >= 0.6 is 11.6 Å². The third kappa shape index (κ3) is 7.64. The van der Waals surface area contributed by atoms with Gasteiger partial charge in [-0.3, -0.25) is 14.5 Å². The molecule has 0 radical (unpaired) electrons. The van der Waals surface area contributed by atoms with Crippen LogP contribution in [0.5, 0.6) is 11.5 Å². The smallest absolute Gasteiger partial charge is 0.306 e. The van der Waals surface area contributed by atoms with Crippen LogP contribution in [0.25, 0.3) is 33.3 Å². The Morgan fingerprint density at radius 3 is 2.66 bits per heavy atom. The highest BCUT2D eigenvalue weighted by atomic mass is 35.5. The Hall–Kier alpha value is -3.80. The second-order valence-electron chi connectivity index (χ2n) is 12.3.